The fraction of sp³-hybridized carbons (Fsp3) is 0.0357. The number of hydrogen-bond acceptors (Lipinski definition) is 0. The summed E-state index contributed by atoms with van der Waals surface area (Å²) in [6.07, 6.45) is 0. The molecule has 0 radical (unpaired) electrons. The van der Waals surface area contributed by atoms with Crippen molar-refractivity contribution in [2.45, 2.75) is 5.41 Å². The van der Waals surface area contributed by atoms with E-state index in [9.17, 15) is 0 Å². The molecule has 0 N–H and O–H groups in total. The van der Waals surface area contributed by atoms with E-state index in [1.165, 1.54) is 104 Å². The van der Waals surface area contributed by atoms with Crippen LogP contribution in [0, 0.1) is 0 Å². The van der Waals surface area contributed by atoms with Gasteiger partial charge in [0.1, 0.15) is 0 Å². The molecule has 3 heterocycles. The monoisotopic (exact) mass is 751 g/mol. The molecule has 1 aliphatic rings. The van der Waals surface area contributed by atoms with Crippen LogP contribution in [0.3, 0.4) is 0 Å². The Morgan fingerprint density at radius 2 is 0.712 bits per heavy atom. The summed E-state index contributed by atoms with van der Waals surface area (Å²) >= 11 is 0. The lowest BCUT2D eigenvalue weighted by Gasteiger charge is -2.34. The summed E-state index contributed by atoms with van der Waals surface area (Å²) < 4.78 is 7.27. The zero-order valence-electron chi connectivity index (χ0n) is 32.5. The molecule has 59 heavy (non-hydrogen) atoms. The number of hydrogen-bond donors (Lipinski definition) is 0. The quantitative estimate of drug-likeness (QED) is 0.170. The van der Waals surface area contributed by atoms with Gasteiger partial charge >= 0.3 is 0 Å². The SMILES string of the molecule is Cn1c2cc(-n3c4ccccc4c4ccccc43)ccc2c2cc3c(cc21)-c1ccc(-n2c4ccccc4c4ccccc42)cc1C3(c1ccccc1)c1ccccc1. The number of aryl methyl sites for hydroxylation is 1. The summed E-state index contributed by atoms with van der Waals surface area (Å²) in [5.41, 5.74) is 16.8. The molecule has 0 unspecified atom stereocenters. The Balaban J connectivity index is 1.10. The van der Waals surface area contributed by atoms with Crippen molar-refractivity contribution in [3.63, 3.8) is 0 Å². The van der Waals surface area contributed by atoms with Crippen LogP contribution in [-0.4, -0.2) is 13.7 Å². The summed E-state index contributed by atoms with van der Waals surface area (Å²) in [5, 5.41) is 7.60. The largest absolute Gasteiger partial charge is 0.344 e. The number of aromatic nitrogens is 3. The van der Waals surface area contributed by atoms with Crippen LogP contribution in [0.4, 0.5) is 0 Å². The zero-order chi connectivity index (χ0) is 38.8. The molecule has 0 amide bonds. The average Bonchev–Trinajstić information content (AvgIpc) is 4.00. The maximum Gasteiger partial charge on any atom is 0.0714 e. The Labute approximate surface area is 341 Å². The van der Waals surface area contributed by atoms with Gasteiger partial charge in [-0.1, -0.05) is 146 Å². The van der Waals surface area contributed by atoms with E-state index in [-0.39, 0.29) is 0 Å². The van der Waals surface area contributed by atoms with E-state index in [1.807, 2.05) is 0 Å². The van der Waals surface area contributed by atoms with Crippen molar-refractivity contribution in [3.8, 4) is 22.5 Å². The minimum Gasteiger partial charge on any atom is -0.344 e. The normalized spacial score (nSPS) is 13.3. The van der Waals surface area contributed by atoms with Crippen molar-refractivity contribution in [1.29, 1.82) is 0 Å². The van der Waals surface area contributed by atoms with Gasteiger partial charge in [-0.3, -0.25) is 0 Å². The smallest absolute Gasteiger partial charge is 0.0714 e. The van der Waals surface area contributed by atoms with Crippen LogP contribution in [0.5, 0.6) is 0 Å². The van der Waals surface area contributed by atoms with Gasteiger partial charge in [-0.05, 0) is 94.0 Å². The predicted molar refractivity (Wildman–Crippen MR) is 246 cm³/mol. The Kier molecular flexibility index (Phi) is 6.58. The number of rotatable bonds is 4. The highest BCUT2D eigenvalue weighted by atomic mass is 15.0. The van der Waals surface area contributed by atoms with Gasteiger partial charge in [-0.2, -0.15) is 0 Å². The zero-order valence-corrected chi connectivity index (χ0v) is 32.5. The molecule has 12 aromatic rings. The molecule has 3 heteroatoms. The first-order chi connectivity index (χ1) is 29.2. The van der Waals surface area contributed by atoms with Gasteiger partial charge in [-0.15, -0.1) is 0 Å². The van der Waals surface area contributed by atoms with E-state index in [0.29, 0.717) is 0 Å². The number of nitrogens with zero attached hydrogens (tertiary/aromatic N) is 3. The minimum atomic E-state index is -0.554. The predicted octanol–water partition coefficient (Wildman–Crippen LogP) is 13.9. The maximum atomic E-state index is 2.52. The third kappa shape index (κ3) is 4.26. The molecule has 3 nitrogen and oxygen atoms in total. The summed E-state index contributed by atoms with van der Waals surface area (Å²) in [4.78, 5) is 0. The van der Waals surface area contributed by atoms with Gasteiger partial charge in [0.2, 0.25) is 0 Å². The van der Waals surface area contributed by atoms with Gasteiger partial charge in [0.25, 0.3) is 0 Å². The summed E-state index contributed by atoms with van der Waals surface area (Å²) in [6, 6.07) is 76.7. The van der Waals surface area contributed by atoms with Gasteiger partial charge < -0.3 is 13.7 Å². The highest BCUT2D eigenvalue weighted by Crippen LogP contribution is 2.58. The van der Waals surface area contributed by atoms with Crippen molar-refractivity contribution in [3.05, 3.63) is 229 Å². The molecule has 1 aliphatic carbocycles. The number of fused-ring (bicyclic) bond motifs is 12. The van der Waals surface area contributed by atoms with Gasteiger partial charge in [0.15, 0.2) is 0 Å². The van der Waals surface area contributed by atoms with E-state index >= 15 is 0 Å². The maximum absolute atomic E-state index is 2.52. The van der Waals surface area contributed by atoms with Crippen LogP contribution in [0.2, 0.25) is 0 Å². The van der Waals surface area contributed by atoms with E-state index in [1.54, 1.807) is 0 Å². The number of para-hydroxylation sites is 4. The van der Waals surface area contributed by atoms with Crippen LogP contribution in [0.25, 0.3) is 87.9 Å². The molecule has 0 saturated carbocycles. The standard InChI is InChI=1S/C56H37N3/c1-57-54-33-39(59-52-26-14-10-22-43(52)44-23-11-15-27-53(44)59)29-31-45(54)47-34-49-46(35-55(47)57)40-30-28-38(58-50-24-12-8-20-41(50)42-21-9-13-25-51(42)58)32-48(40)56(49,36-16-4-2-5-17-36)37-18-6-3-7-19-37/h2-35H,1H3. The molecule has 0 fully saturated rings. The first-order valence-corrected chi connectivity index (χ1v) is 20.5. The molecule has 9 aromatic carbocycles. The van der Waals surface area contributed by atoms with Crippen LogP contribution in [0.1, 0.15) is 22.3 Å². The van der Waals surface area contributed by atoms with Crippen molar-refractivity contribution < 1.29 is 0 Å². The molecular weight excluding hydrogens is 715 g/mol. The molecule has 0 bridgehead atoms. The highest BCUT2D eigenvalue weighted by molar-refractivity contribution is 6.13. The second-order valence-corrected chi connectivity index (χ2v) is 16.1. The third-order valence-corrected chi connectivity index (χ3v) is 13.3. The van der Waals surface area contributed by atoms with Crippen molar-refractivity contribution in [1.82, 2.24) is 13.7 Å². The van der Waals surface area contributed by atoms with Crippen LogP contribution < -0.4 is 0 Å². The Morgan fingerprint density at radius 3 is 1.24 bits per heavy atom. The van der Waals surface area contributed by atoms with Crippen LogP contribution in [-0.2, 0) is 12.5 Å². The molecule has 276 valence electrons. The lowest BCUT2D eigenvalue weighted by atomic mass is 9.67. The Morgan fingerprint density at radius 1 is 0.305 bits per heavy atom. The van der Waals surface area contributed by atoms with Gasteiger partial charge in [0.05, 0.1) is 33.0 Å². The molecule has 0 atom stereocenters. The van der Waals surface area contributed by atoms with Gasteiger partial charge in [-0.25, -0.2) is 0 Å². The van der Waals surface area contributed by atoms with E-state index < -0.39 is 5.41 Å². The molecule has 0 saturated heterocycles. The summed E-state index contributed by atoms with van der Waals surface area (Å²) in [7, 11) is 2.23. The third-order valence-electron chi connectivity index (χ3n) is 13.3. The first kappa shape index (κ1) is 32.5. The fourth-order valence-electron chi connectivity index (χ4n) is 10.8. The topological polar surface area (TPSA) is 14.8 Å². The van der Waals surface area contributed by atoms with E-state index in [0.717, 1.165) is 5.69 Å². The lowest BCUT2D eigenvalue weighted by molar-refractivity contribution is 0.768. The highest BCUT2D eigenvalue weighted by Gasteiger charge is 2.47. The van der Waals surface area contributed by atoms with E-state index in [4.69, 9.17) is 0 Å². The second kappa shape index (κ2) is 12.0. The van der Waals surface area contributed by atoms with Crippen molar-refractivity contribution in [2.75, 3.05) is 0 Å². The fourth-order valence-corrected chi connectivity index (χ4v) is 10.8. The first-order valence-electron chi connectivity index (χ1n) is 20.5. The lowest BCUT2D eigenvalue weighted by Crippen LogP contribution is -2.28. The second-order valence-electron chi connectivity index (χ2n) is 16.1. The number of benzene rings is 9. The van der Waals surface area contributed by atoms with Gasteiger partial charge in [0, 0.05) is 56.3 Å². The molecule has 0 spiro atoms. The average molecular weight is 752 g/mol. The van der Waals surface area contributed by atoms with E-state index in [2.05, 4.69) is 227 Å². The van der Waals surface area contributed by atoms with Crippen molar-refractivity contribution >= 4 is 65.4 Å². The molecule has 13 rings (SSSR count). The summed E-state index contributed by atoms with van der Waals surface area (Å²) in [5.74, 6) is 0. The van der Waals surface area contributed by atoms with Crippen LogP contribution >= 0.6 is 0 Å². The molecule has 0 aliphatic heterocycles. The molecule has 3 aromatic heterocycles. The minimum absolute atomic E-state index is 0.554. The summed E-state index contributed by atoms with van der Waals surface area (Å²) in [6.45, 7) is 0. The van der Waals surface area contributed by atoms with Crippen LogP contribution in [0.15, 0.2) is 206 Å². The Bertz CT molecular complexity index is 3530. The Hall–Kier alpha value is -7.62. The molecular formula is C56H37N3. The van der Waals surface area contributed by atoms with Crippen molar-refractivity contribution in [2.24, 2.45) is 7.05 Å².